The second-order valence-electron chi connectivity index (χ2n) is 7.14. The van der Waals surface area contributed by atoms with Crippen molar-refractivity contribution in [3.05, 3.63) is 0 Å². The Morgan fingerprint density at radius 2 is 1.85 bits per heavy atom. The van der Waals surface area contributed by atoms with Gasteiger partial charge in [0.15, 0.2) is 0 Å². The Balaban J connectivity index is 1.52. The molecular formula is C17H30ClNO. The summed E-state index contributed by atoms with van der Waals surface area (Å²) >= 11 is 5.98. The van der Waals surface area contributed by atoms with Crippen LogP contribution in [0.1, 0.15) is 70.6 Å². The predicted octanol–water partition coefficient (Wildman–Crippen LogP) is 4.35. The Bertz CT molecular complexity index is 301. The maximum Gasteiger partial charge on any atom is 0.0710 e. The maximum atomic E-state index is 6.54. The monoisotopic (exact) mass is 299 g/mol. The molecule has 0 radical (unpaired) electrons. The van der Waals surface area contributed by atoms with Crippen molar-refractivity contribution in [3.63, 3.8) is 0 Å². The van der Waals surface area contributed by atoms with Crippen LogP contribution >= 0.6 is 11.6 Å². The molecule has 20 heavy (non-hydrogen) atoms. The van der Waals surface area contributed by atoms with Crippen molar-refractivity contribution in [1.82, 2.24) is 4.90 Å². The van der Waals surface area contributed by atoms with Gasteiger partial charge in [-0.2, -0.15) is 0 Å². The van der Waals surface area contributed by atoms with Crippen molar-refractivity contribution >= 4 is 11.6 Å². The lowest BCUT2D eigenvalue weighted by molar-refractivity contribution is -0.0767. The van der Waals surface area contributed by atoms with Gasteiger partial charge in [-0.25, -0.2) is 0 Å². The Labute approximate surface area is 129 Å². The highest BCUT2D eigenvalue weighted by Gasteiger charge is 2.41. The Kier molecular flexibility index (Phi) is 5.28. The first kappa shape index (κ1) is 15.1. The second kappa shape index (κ2) is 6.98. The van der Waals surface area contributed by atoms with Crippen LogP contribution in [0.4, 0.5) is 0 Å². The molecule has 2 heterocycles. The normalized spacial score (nSPS) is 34.6. The van der Waals surface area contributed by atoms with Gasteiger partial charge in [0, 0.05) is 18.5 Å². The summed E-state index contributed by atoms with van der Waals surface area (Å²) in [6.45, 7) is 2.41. The summed E-state index contributed by atoms with van der Waals surface area (Å²) in [5.41, 5.74) is 0.278. The van der Waals surface area contributed by atoms with Crippen molar-refractivity contribution < 1.29 is 4.74 Å². The number of alkyl halides is 1. The highest BCUT2D eigenvalue weighted by atomic mass is 35.5. The number of piperidine rings is 1. The summed E-state index contributed by atoms with van der Waals surface area (Å²) in [4.78, 5) is 2.68. The SMILES string of the molecule is ClCCC1CCCCN1CC1CCC2(CCCCC2)O1. The standard InChI is InChI=1S/C17H30ClNO/c18-12-8-15-6-2-5-13-19(15)14-16-7-11-17(20-16)9-3-1-4-10-17/h15-16H,1-14H2. The number of hydrogen-bond acceptors (Lipinski definition) is 2. The van der Waals surface area contributed by atoms with Crippen LogP contribution in [0, 0.1) is 0 Å². The van der Waals surface area contributed by atoms with Crippen LogP contribution in [-0.2, 0) is 4.74 Å². The number of nitrogens with zero attached hydrogens (tertiary/aromatic N) is 1. The van der Waals surface area contributed by atoms with Crippen molar-refractivity contribution in [1.29, 1.82) is 0 Å². The van der Waals surface area contributed by atoms with Crippen molar-refractivity contribution in [2.75, 3.05) is 19.0 Å². The fourth-order valence-corrected chi connectivity index (χ4v) is 4.85. The average Bonchev–Trinajstić information content (AvgIpc) is 2.85. The van der Waals surface area contributed by atoms with E-state index in [0.29, 0.717) is 12.1 Å². The molecule has 0 aromatic heterocycles. The van der Waals surface area contributed by atoms with E-state index in [4.69, 9.17) is 16.3 Å². The zero-order valence-electron chi connectivity index (χ0n) is 12.8. The van der Waals surface area contributed by atoms with Gasteiger partial charge in [0.1, 0.15) is 0 Å². The number of halogens is 1. The van der Waals surface area contributed by atoms with E-state index in [1.54, 1.807) is 0 Å². The van der Waals surface area contributed by atoms with Crippen LogP contribution in [-0.4, -0.2) is 41.6 Å². The van der Waals surface area contributed by atoms with E-state index in [0.717, 1.165) is 18.8 Å². The van der Waals surface area contributed by atoms with Gasteiger partial charge in [0.05, 0.1) is 11.7 Å². The van der Waals surface area contributed by atoms with Gasteiger partial charge in [-0.15, -0.1) is 11.6 Å². The van der Waals surface area contributed by atoms with E-state index in [-0.39, 0.29) is 5.60 Å². The minimum Gasteiger partial charge on any atom is -0.370 e. The molecule has 0 aromatic carbocycles. The van der Waals surface area contributed by atoms with Gasteiger partial charge in [-0.05, 0) is 51.5 Å². The van der Waals surface area contributed by atoms with E-state index in [2.05, 4.69) is 4.90 Å². The molecule has 0 bridgehead atoms. The van der Waals surface area contributed by atoms with E-state index >= 15 is 0 Å². The molecule has 0 aromatic rings. The van der Waals surface area contributed by atoms with Gasteiger partial charge in [-0.1, -0.05) is 25.7 Å². The molecule has 2 unspecified atom stereocenters. The van der Waals surface area contributed by atoms with Crippen molar-refractivity contribution in [2.24, 2.45) is 0 Å². The van der Waals surface area contributed by atoms with E-state index in [9.17, 15) is 0 Å². The highest BCUT2D eigenvalue weighted by Crippen LogP contribution is 2.42. The zero-order chi connectivity index (χ0) is 13.8. The third-order valence-corrected chi connectivity index (χ3v) is 5.95. The Morgan fingerprint density at radius 3 is 2.65 bits per heavy atom. The number of rotatable bonds is 4. The van der Waals surface area contributed by atoms with E-state index in [1.807, 2.05) is 0 Å². The lowest BCUT2D eigenvalue weighted by Crippen LogP contribution is -2.44. The number of likely N-dealkylation sites (tertiary alicyclic amines) is 1. The molecule has 3 fully saturated rings. The zero-order valence-corrected chi connectivity index (χ0v) is 13.5. The largest absolute Gasteiger partial charge is 0.370 e. The predicted molar refractivity (Wildman–Crippen MR) is 84.5 cm³/mol. The van der Waals surface area contributed by atoms with Gasteiger partial charge in [0.2, 0.25) is 0 Å². The molecule has 2 nitrogen and oxygen atoms in total. The average molecular weight is 300 g/mol. The molecule has 3 rings (SSSR count). The molecule has 3 heteroatoms. The Hall–Kier alpha value is 0.210. The van der Waals surface area contributed by atoms with Gasteiger partial charge in [-0.3, -0.25) is 4.90 Å². The van der Waals surface area contributed by atoms with Crippen molar-refractivity contribution in [3.8, 4) is 0 Å². The molecule has 0 N–H and O–H groups in total. The van der Waals surface area contributed by atoms with E-state index < -0.39 is 0 Å². The molecule has 2 saturated heterocycles. The van der Waals surface area contributed by atoms with Gasteiger partial charge in [0.25, 0.3) is 0 Å². The van der Waals surface area contributed by atoms with Crippen LogP contribution in [0.2, 0.25) is 0 Å². The van der Waals surface area contributed by atoms with Crippen LogP contribution in [0.15, 0.2) is 0 Å². The minimum atomic E-state index is 0.278. The summed E-state index contributed by atoms with van der Waals surface area (Å²) in [5.74, 6) is 0.802. The first-order chi connectivity index (χ1) is 9.81. The molecule has 3 aliphatic rings. The Morgan fingerprint density at radius 1 is 1.00 bits per heavy atom. The summed E-state index contributed by atoms with van der Waals surface area (Å²) < 4.78 is 6.54. The van der Waals surface area contributed by atoms with Crippen LogP contribution in [0.5, 0.6) is 0 Å². The smallest absolute Gasteiger partial charge is 0.0710 e. The number of ether oxygens (including phenoxy) is 1. The molecule has 2 aliphatic heterocycles. The summed E-state index contributed by atoms with van der Waals surface area (Å²) in [7, 11) is 0. The fourth-order valence-electron chi connectivity index (χ4n) is 4.60. The van der Waals surface area contributed by atoms with E-state index in [1.165, 1.54) is 70.8 Å². The second-order valence-corrected chi connectivity index (χ2v) is 7.52. The number of hydrogen-bond donors (Lipinski definition) is 0. The molecule has 1 aliphatic carbocycles. The lowest BCUT2D eigenvalue weighted by atomic mass is 9.83. The maximum absolute atomic E-state index is 6.54. The third-order valence-electron chi connectivity index (χ3n) is 5.73. The molecular weight excluding hydrogens is 270 g/mol. The summed E-state index contributed by atoms with van der Waals surface area (Å²) in [6.07, 6.45) is 15.1. The fraction of sp³-hybridized carbons (Fsp3) is 1.00. The molecule has 2 atom stereocenters. The topological polar surface area (TPSA) is 12.5 Å². The minimum absolute atomic E-state index is 0.278. The van der Waals surface area contributed by atoms with Gasteiger partial charge < -0.3 is 4.74 Å². The first-order valence-electron chi connectivity index (χ1n) is 8.79. The van der Waals surface area contributed by atoms with Crippen LogP contribution in [0.3, 0.4) is 0 Å². The molecule has 116 valence electrons. The lowest BCUT2D eigenvalue weighted by Gasteiger charge is -2.38. The highest BCUT2D eigenvalue weighted by molar-refractivity contribution is 6.17. The molecule has 1 spiro atoms. The van der Waals surface area contributed by atoms with Crippen LogP contribution < -0.4 is 0 Å². The third kappa shape index (κ3) is 3.51. The molecule has 1 saturated carbocycles. The van der Waals surface area contributed by atoms with Crippen molar-refractivity contribution in [2.45, 2.75) is 88.4 Å². The summed E-state index contributed by atoms with van der Waals surface area (Å²) in [6, 6.07) is 0.716. The first-order valence-corrected chi connectivity index (χ1v) is 9.33. The molecule has 0 amide bonds. The quantitative estimate of drug-likeness (QED) is 0.716. The van der Waals surface area contributed by atoms with Gasteiger partial charge >= 0.3 is 0 Å². The van der Waals surface area contributed by atoms with Crippen LogP contribution in [0.25, 0.3) is 0 Å². The summed E-state index contributed by atoms with van der Waals surface area (Å²) in [5, 5.41) is 0.